The molecule has 0 bridgehead atoms. The minimum Gasteiger partial charge on any atom is -0.118 e. The van der Waals surface area contributed by atoms with E-state index in [0.717, 1.165) is 6.42 Å². The molecule has 0 aliphatic heterocycles. The average Bonchev–Trinajstić information content (AvgIpc) is 2.27. The number of alkyl halides is 1. The molecule has 0 saturated heterocycles. The fraction of sp³-hybridized carbons (Fsp3) is 0.412. The van der Waals surface area contributed by atoms with Gasteiger partial charge in [0.25, 0.3) is 0 Å². The molecule has 0 N–H and O–H groups in total. The number of fused-ring (bicyclic) bond motifs is 1. The molecular formula is C17H21Cl. The van der Waals surface area contributed by atoms with Crippen LogP contribution >= 0.6 is 11.6 Å². The first-order chi connectivity index (χ1) is 8.38. The summed E-state index contributed by atoms with van der Waals surface area (Å²) >= 11 is 6.62. The lowest BCUT2D eigenvalue weighted by Crippen LogP contribution is -2.09. The Morgan fingerprint density at radius 3 is 2.22 bits per heavy atom. The first-order valence-electron chi connectivity index (χ1n) is 6.51. The van der Waals surface area contributed by atoms with Gasteiger partial charge in [-0.05, 0) is 40.7 Å². The van der Waals surface area contributed by atoms with Gasteiger partial charge in [0.15, 0.2) is 0 Å². The van der Waals surface area contributed by atoms with Gasteiger partial charge >= 0.3 is 0 Å². The van der Waals surface area contributed by atoms with Crippen molar-refractivity contribution in [3.8, 4) is 0 Å². The Bertz CT molecular complexity index is 549. The highest BCUT2D eigenvalue weighted by Gasteiger charge is 2.19. The molecule has 0 fully saturated rings. The molecule has 0 aromatic heterocycles. The molecule has 1 heteroatoms. The van der Waals surface area contributed by atoms with Crippen molar-refractivity contribution in [1.29, 1.82) is 0 Å². The third kappa shape index (κ3) is 2.87. The van der Waals surface area contributed by atoms with Gasteiger partial charge in [-0.1, -0.05) is 57.2 Å². The fourth-order valence-corrected chi connectivity index (χ4v) is 3.05. The average molecular weight is 261 g/mol. The zero-order valence-corrected chi connectivity index (χ0v) is 12.4. The molecule has 0 amide bonds. The van der Waals surface area contributed by atoms with Crippen LogP contribution in [0.25, 0.3) is 10.8 Å². The minimum atomic E-state index is 0.0792. The molecular weight excluding hydrogens is 240 g/mol. The molecule has 2 rings (SSSR count). The lowest BCUT2D eigenvalue weighted by molar-refractivity contribution is 0.373. The van der Waals surface area contributed by atoms with Crippen molar-refractivity contribution >= 4 is 22.4 Å². The summed E-state index contributed by atoms with van der Waals surface area (Å²) in [7, 11) is 0. The van der Waals surface area contributed by atoms with Gasteiger partial charge in [-0.25, -0.2) is 0 Å². The normalized spacial score (nSPS) is 13.8. The van der Waals surface area contributed by atoms with Gasteiger partial charge in [0.05, 0.1) is 5.38 Å². The quantitative estimate of drug-likeness (QED) is 0.593. The van der Waals surface area contributed by atoms with Gasteiger partial charge in [-0.3, -0.25) is 0 Å². The lowest BCUT2D eigenvalue weighted by atomic mass is 9.86. The van der Waals surface area contributed by atoms with Gasteiger partial charge < -0.3 is 0 Å². The van der Waals surface area contributed by atoms with E-state index in [1.807, 2.05) is 0 Å². The third-order valence-corrected chi connectivity index (χ3v) is 3.69. The zero-order valence-electron chi connectivity index (χ0n) is 11.6. The smallest absolute Gasteiger partial charge is 0.0596 e. The predicted octanol–water partition coefficient (Wildman–Crippen LogP) is 5.86. The monoisotopic (exact) mass is 260 g/mol. The van der Waals surface area contributed by atoms with Crippen LogP contribution in [0.4, 0.5) is 0 Å². The maximum atomic E-state index is 6.62. The van der Waals surface area contributed by atoms with Crippen LogP contribution < -0.4 is 0 Å². The van der Waals surface area contributed by atoms with Gasteiger partial charge in [0.2, 0.25) is 0 Å². The molecule has 96 valence electrons. The Balaban J connectivity index is 2.49. The van der Waals surface area contributed by atoms with E-state index in [0.29, 0.717) is 0 Å². The molecule has 0 nitrogen and oxygen atoms in total. The van der Waals surface area contributed by atoms with E-state index in [2.05, 4.69) is 64.1 Å². The molecule has 0 spiro atoms. The summed E-state index contributed by atoms with van der Waals surface area (Å²) in [6.45, 7) is 8.86. The van der Waals surface area contributed by atoms with Gasteiger partial charge in [0.1, 0.15) is 0 Å². The van der Waals surface area contributed by atoms with E-state index < -0.39 is 0 Å². The van der Waals surface area contributed by atoms with Crippen LogP contribution in [0.1, 0.15) is 43.7 Å². The maximum Gasteiger partial charge on any atom is 0.0596 e. The number of aryl methyl sites for hydroxylation is 1. The maximum absolute atomic E-state index is 6.62. The number of hydrogen-bond acceptors (Lipinski definition) is 0. The molecule has 0 heterocycles. The summed E-state index contributed by atoms with van der Waals surface area (Å²) < 4.78 is 0. The summed E-state index contributed by atoms with van der Waals surface area (Å²) in [5.41, 5.74) is 2.82. The van der Waals surface area contributed by atoms with Crippen molar-refractivity contribution in [2.24, 2.45) is 5.41 Å². The minimum absolute atomic E-state index is 0.0792. The van der Waals surface area contributed by atoms with Crippen molar-refractivity contribution in [3.63, 3.8) is 0 Å². The van der Waals surface area contributed by atoms with Crippen LogP contribution in [0, 0.1) is 12.3 Å². The van der Waals surface area contributed by atoms with Crippen LogP contribution in [0.2, 0.25) is 0 Å². The third-order valence-electron chi connectivity index (χ3n) is 3.30. The first-order valence-corrected chi connectivity index (χ1v) is 6.94. The SMILES string of the molecule is Cc1ccc(C(Cl)CC(C)(C)C)c2ccccc12. The second kappa shape index (κ2) is 4.93. The molecule has 0 aliphatic rings. The zero-order chi connectivity index (χ0) is 13.3. The highest BCUT2D eigenvalue weighted by Crippen LogP contribution is 2.37. The predicted molar refractivity (Wildman–Crippen MR) is 81.4 cm³/mol. The summed E-state index contributed by atoms with van der Waals surface area (Å²) in [5, 5.41) is 2.69. The lowest BCUT2D eigenvalue weighted by Gasteiger charge is -2.23. The van der Waals surface area contributed by atoms with Crippen LogP contribution in [0.15, 0.2) is 36.4 Å². The summed E-state index contributed by atoms with van der Waals surface area (Å²) in [4.78, 5) is 0. The number of rotatable bonds is 2. The number of halogens is 1. The standard InChI is InChI=1S/C17H21Cl/c1-12-9-10-15(16(18)11-17(2,3)4)14-8-6-5-7-13(12)14/h5-10,16H,11H2,1-4H3. The van der Waals surface area contributed by atoms with E-state index in [1.165, 1.54) is 21.9 Å². The summed E-state index contributed by atoms with van der Waals surface area (Å²) in [6, 6.07) is 12.9. The molecule has 2 aromatic carbocycles. The Hall–Kier alpha value is -1.01. The van der Waals surface area contributed by atoms with Gasteiger partial charge in [-0.2, -0.15) is 0 Å². The molecule has 18 heavy (non-hydrogen) atoms. The molecule has 1 atom stereocenters. The van der Waals surface area contributed by atoms with Crippen molar-refractivity contribution in [3.05, 3.63) is 47.5 Å². The first kappa shape index (κ1) is 13.4. The van der Waals surface area contributed by atoms with Crippen molar-refractivity contribution in [2.45, 2.75) is 39.5 Å². The topological polar surface area (TPSA) is 0 Å². The van der Waals surface area contributed by atoms with E-state index in [-0.39, 0.29) is 10.8 Å². The summed E-state index contributed by atoms with van der Waals surface area (Å²) in [5.74, 6) is 0. The van der Waals surface area contributed by atoms with Gasteiger partial charge in [0, 0.05) is 0 Å². The van der Waals surface area contributed by atoms with Crippen LogP contribution in [-0.4, -0.2) is 0 Å². The van der Waals surface area contributed by atoms with E-state index in [9.17, 15) is 0 Å². The van der Waals surface area contributed by atoms with Crippen LogP contribution in [0.3, 0.4) is 0 Å². The van der Waals surface area contributed by atoms with Crippen molar-refractivity contribution in [1.82, 2.24) is 0 Å². The number of benzene rings is 2. The van der Waals surface area contributed by atoms with Crippen molar-refractivity contribution in [2.75, 3.05) is 0 Å². The Kier molecular flexibility index (Phi) is 3.68. The number of hydrogen-bond donors (Lipinski definition) is 0. The molecule has 0 aliphatic carbocycles. The Morgan fingerprint density at radius 1 is 1.00 bits per heavy atom. The highest BCUT2D eigenvalue weighted by molar-refractivity contribution is 6.21. The second-order valence-electron chi connectivity index (χ2n) is 6.25. The fourth-order valence-electron chi connectivity index (χ4n) is 2.39. The molecule has 1 unspecified atom stereocenters. The molecule has 0 saturated carbocycles. The Labute approximate surface area is 115 Å². The Morgan fingerprint density at radius 2 is 1.61 bits per heavy atom. The van der Waals surface area contributed by atoms with Crippen LogP contribution in [-0.2, 0) is 0 Å². The van der Waals surface area contributed by atoms with E-state index >= 15 is 0 Å². The van der Waals surface area contributed by atoms with Crippen LogP contribution in [0.5, 0.6) is 0 Å². The summed E-state index contributed by atoms with van der Waals surface area (Å²) in [6.07, 6.45) is 0.988. The van der Waals surface area contributed by atoms with E-state index in [1.54, 1.807) is 0 Å². The molecule has 0 radical (unpaired) electrons. The second-order valence-corrected chi connectivity index (χ2v) is 6.78. The molecule has 2 aromatic rings. The largest absolute Gasteiger partial charge is 0.118 e. The van der Waals surface area contributed by atoms with Crippen molar-refractivity contribution < 1.29 is 0 Å². The van der Waals surface area contributed by atoms with Gasteiger partial charge in [-0.15, -0.1) is 11.6 Å². The highest BCUT2D eigenvalue weighted by atomic mass is 35.5. The van der Waals surface area contributed by atoms with E-state index in [4.69, 9.17) is 11.6 Å².